The summed E-state index contributed by atoms with van der Waals surface area (Å²) < 4.78 is 13.2. The number of hydrogen-bond donors (Lipinski definition) is 2. The van der Waals surface area contributed by atoms with Crippen LogP contribution in [0.25, 0.3) is 0 Å². The molecule has 1 amide bonds. The number of nitrogens with zero attached hydrogens (tertiary/aromatic N) is 1. The minimum atomic E-state index is -0.534. The highest BCUT2D eigenvalue weighted by Gasteiger charge is 2.44. The van der Waals surface area contributed by atoms with E-state index < -0.39 is 6.10 Å². The van der Waals surface area contributed by atoms with Gasteiger partial charge in [0.2, 0.25) is 5.91 Å². The summed E-state index contributed by atoms with van der Waals surface area (Å²) >= 11 is 0. The molecule has 5 heteroatoms. The second-order valence-electron chi connectivity index (χ2n) is 7.39. The molecule has 0 spiro atoms. The first-order chi connectivity index (χ1) is 11.5. The number of aliphatic hydroxyl groups is 1. The fraction of sp³-hybridized carbons (Fsp3) is 0.632. The van der Waals surface area contributed by atoms with Gasteiger partial charge in [-0.3, -0.25) is 4.79 Å². The number of aliphatic hydroxyl groups excluding tert-OH is 1. The largest absolute Gasteiger partial charge is 0.390 e. The molecule has 2 aliphatic rings. The van der Waals surface area contributed by atoms with Crippen LogP contribution in [0.2, 0.25) is 0 Å². The van der Waals surface area contributed by atoms with E-state index in [9.17, 15) is 14.3 Å². The highest BCUT2D eigenvalue weighted by atomic mass is 19.1. The monoisotopic (exact) mass is 334 g/mol. The van der Waals surface area contributed by atoms with Gasteiger partial charge >= 0.3 is 0 Å². The van der Waals surface area contributed by atoms with Crippen LogP contribution in [0.5, 0.6) is 0 Å². The molecule has 1 aromatic rings. The molecule has 3 unspecified atom stereocenters. The van der Waals surface area contributed by atoms with Crippen LogP contribution in [0.4, 0.5) is 4.39 Å². The zero-order chi connectivity index (χ0) is 17.1. The average molecular weight is 334 g/mol. The molecule has 3 atom stereocenters. The summed E-state index contributed by atoms with van der Waals surface area (Å²) in [5, 5.41) is 13.0. The number of hydrogen-bond acceptors (Lipinski definition) is 3. The Labute approximate surface area is 143 Å². The Morgan fingerprint density at radius 2 is 2.17 bits per heavy atom. The van der Waals surface area contributed by atoms with Gasteiger partial charge in [0.05, 0.1) is 6.10 Å². The Morgan fingerprint density at radius 3 is 2.88 bits per heavy atom. The third-order valence-electron chi connectivity index (χ3n) is 5.26. The number of halogens is 1. The van der Waals surface area contributed by atoms with Crippen molar-refractivity contribution in [2.24, 2.45) is 11.8 Å². The van der Waals surface area contributed by atoms with E-state index in [4.69, 9.17) is 0 Å². The van der Waals surface area contributed by atoms with Gasteiger partial charge in [-0.1, -0.05) is 19.1 Å². The van der Waals surface area contributed by atoms with Crippen LogP contribution in [0.3, 0.4) is 0 Å². The third-order valence-corrected chi connectivity index (χ3v) is 5.26. The first-order valence-electron chi connectivity index (χ1n) is 8.96. The molecule has 24 heavy (non-hydrogen) atoms. The van der Waals surface area contributed by atoms with Crippen molar-refractivity contribution < 1.29 is 14.3 Å². The maximum atomic E-state index is 13.2. The Kier molecular flexibility index (Phi) is 5.51. The van der Waals surface area contributed by atoms with Crippen LogP contribution in [-0.2, 0) is 4.79 Å². The molecule has 0 radical (unpaired) electrons. The smallest absolute Gasteiger partial charge is 0.223 e. The number of nitrogens with one attached hydrogen (secondary N) is 1. The van der Waals surface area contributed by atoms with E-state index in [1.165, 1.54) is 25.0 Å². The summed E-state index contributed by atoms with van der Waals surface area (Å²) in [5.41, 5.74) is 0.887. The molecular formula is C19H27FN2O2. The second-order valence-corrected chi connectivity index (χ2v) is 7.39. The van der Waals surface area contributed by atoms with E-state index in [1.807, 2.05) is 6.07 Å². The Bertz CT molecular complexity index is 572. The number of carbonyl (C=O) groups is 1. The fourth-order valence-corrected chi connectivity index (χ4v) is 3.55. The number of rotatable bonds is 6. The zero-order valence-electron chi connectivity index (χ0n) is 14.2. The molecule has 2 fully saturated rings. The van der Waals surface area contributed by atoms with Gasteiger partial charge in [-0.25, -0.2) is 4.39 Å². The zero-order valence-corrected chi connectivity index (χ0v) is 14.2. The SMILES string of the molecule is CC1CCN(CC(O)CNC(=O)C2CC2c2cccc(F)c2)CC1. The van der Waals surface area contributed by atoms with Crippen molar-refractivity contribution in [1.82, 2.24) is 10.2 Å². The van der Waals surface area contributed by atoms with E-state index in [0.717, 1.165) is 31.0 Å². The lowest BCUT2D eigenvalue weighted by molar-refractivity contribution is -0.122. The van der Waals surface area contributed by atoms with Crippen molar-refractivity contribution in [1.29, 1.82) is 0 Å². The maximum Gasteiger partial charge on any atom is 0.223 e. The van der Waals surface area contributed by atoms with Gasteiger partial charge in [-0.15, -0.1) is 0 Å². The van der Waals surface area contributed by atoms with Crippen LogP contribution in [0, 0.1) is 17.7 Å². The molecule has 1 saturated carbocycles. The predicted molar refractivity (Wildman–Crippen MR) is 91.1 cm³/mol. The van der Waals surface area contributed by atoms with Crippen LogP contribution in [-0.4, -0.2) is 48.2 Å². The second kappa shape index (κ2) is 7.62. The summed E-state index contributed by atoms with van der Waals surface area (Å²) in [4.78, 5) is 14.5. The number of benzene rings is 1. The number of amides is 1. The normalized spacial score (nSPS) is 26.1. The topological polar surface area (TPSA) is 52.6 Å². The molecule has 1 aliphatic heterocycles. The maximum absolute atomic E-state index is 13.2. The van der Waals surface area contributed by atoms with E-state index in [1.54, 1.807) is 6.07 Å². The lowest BCUT2D eigenvalue weighted by Gasteiger charge is -2.31. The van der Waals surface area contributed by atoms with Gasteiger partial charge in [0.1, 0.15) is 5.82 Å². The standard InChI is InChI=1S/C19H27FN2O2/c1-13-5-7-22(8-6-13)12-16(23)11-21-19(24)18-10-17(18)14-3-2-4-15(20)9-14/h2-4,9,13,16-18,23H,5-8,10-12H2,1H3,(H,21,24). The van der Waals surface area contributed by atoms with Crippen LogP contribution >= 0.6 is 0 Å². The number of carbonyl (C=O) groups excluding carboxylic acids is 1. The van der Waals surface area contributed by atoms with Gasteiger partial charge in [-0.05, 0) is 61.9 Å². The summed E-state index contributed by atoms with van der Waals surface area (Å²) in [6.45, 7) is 5.22. The highest BCUT2D eigenvalue weighted by molar-refractivity contribution is 5.82. The predicted octanol–water partition coefficient (Wildman–Crippen LogP) is 2.14. The van der Waals surface area contributed by atoms with E-state index in [-0.39, 0.29) is 30.1 Å². The van der Waals surface area contributed by atoms with Crippen LogP contribution < -0.4 is 5.32 Å². The van der Waals surface area contributed by atoms with Crippen LogP contribution in [0.1, 0.15) is 37.7 Å². The summed E-state index contributed by atoms with van der Waals surface area (Å²) in [6, 6.07) is 6.47. The van der Waals surface area contributed by atoms with Crippen molar-refractivity contribution in [2.75, 3.05) is 26.2 Å². The highest BCUT2D eigenvalue weighted by Crippen LogP contribution is 2.47. The lowest BCUT2D eigenvalue weighted by atomic mass is 9.99. The minimum Gasteiger partial charge on any atom is -0.390 e. The quantitative estimate of drug-likeness (QED) is 0.838. The molecule has 1 saturated heterocycles. The first kappa shape index (κ1) is 17.4. The Balaban J connectivity index is 1.38. The van der Waals surface area contributed by atoms with Gasteiger partial charge in [0.25, 0.3) is 0 Å². The summed E-state index contributed by atoms with van der Waals surface area (Å²) in [7, 11) is 0. The van der Waals surface area contributed by atoms with Crippen molar-refractivity contribution in [3.05, 3.63) is 35.6 Å². The summed E-state index contributed by atoms with van der Waals surface area (Å²) in [5.74, 6) is 0.504. The molecule has 4 nitrogen and oxygen atoms in total. The van der Waals surface area contributed by atoms with Crippen molar-refractivity contribution in [3.63, 3.8) is 0 Å². The van der Waals surface area contributed by atoms with Crippen molar-refractivity contribution in [2.45, 2.75) is 38.2 Å². The van der Waals surface area contributed by atoms with E-state index in [2.05, 4.69) is 17.1 Å². The summed E-state index contributed by atoms with van der Waals surface area (Å²) in [6.07, 6.45) is 2.58. The number of piperidine rings is 1. The molecule has 1 heterocycles. The molecule has 0 bridgehead atoms. The van der Waals surface area contributed by atoms with E-state index >= 15 is 0 Å². The molecule has 0 aromatic heterocycles. The van der Waals surface area contributed by atoms with Crippen molar-refractivity contribution in [3.8, 4) is 0 Å². The van der Waals surface area contributed by atoms with E-state index in [0.29, 0.717) is 6.54 Å². The average Bonchev–Trinajstić information content (AvgIpc) is 3.36. The minimum absolute atomic E-state index is 0.0319. The first-order valence-corrected chi connectivity index (χ1v) is 8.96. The fourth-order valence-electron chi connectivity index (χ4n) is 3.55. The van der Waals surface area contributed by atoms with Crippen LogP contribution in [0.15, 0.2) is 24.3 Å². The molecule has 1 aromatic carbocycles. The molecular weight excluding hydrogens is 307 g/mol. The van der Waals surface area contributed by atoms with Gasteiger partial charge < -0.3 is 15.3 Å². The van der Waals surface area contributed by atoms with Gasteiger partial charge in [-0.2, -0.15) is 0 Å². The van der Waals surface area contributed by atoms with Gasteiger partial charge in [0, 0.05) is 19.0 Å². The number of likely N-dealkylation sites (tertiary alicyclic amines) is 1. The Morgan fingerprint density at radius 1 is 1.42 bits per heavy atom. The molecule has 3 rings (SSSR count). The molecule has 132 valence electrons. The van der Waals surface area contributed by atoms with Gasteiger partial charge in [0.15, 0.2) is 0 Å². The molecule has 2 N–H and O–H groups in total. The third kappa shape index (κ3) is 4.54. The number of β-amino-alcohol motifs (C(OH)–C–C–N with tert-alkyl or cyclic N) is 1. The molecule has 1 aliphatic carbocycles. The van der Waals surface area contributed by atoms with Crippen molar-refractivity contribution >= 4 is 5.91 Å². The lowest BCUT2D eigenvalue weighted by Crippen LogP contribution is -2.43. The Hall–Kier alpha value is -1.46.